The van der Waals surface area contributed by atoms with E-state index in [4.69, 9.17) is 19.6 Å². The Balaban J connectivity index is 1.30. The Morgan fingerprint density at radius 3 is 2.73 bits per heavy atom. The Morgan fingerprint density at radius 2 is 1.94 bits per heavy atom. The average Bonchev–Trinajstić information content (AvgIpc) is 3.39. The van der Waals surface area contributed by atoms with Gasteiger partial charge in [-0.05, 0) is 57.7 Å². The summed E-state index contributed by atoms with van der Waals surface area (Å²) in [5.41, 5.74) is 4.67. The molecule has 0 amide bonds. The number of ether oxygens (including phenoxy) is 2. The van der Waals surface area contributed by atoms with Crippen molar-refractivity contribution < 1.29 is 9.47 Å². The summed E-state index contributed by atoms with van der Waals surface area (Å²) in [6, 6.07) is 6.46. The molecule has 0 unspecified atom stereocenters. The van der Waals surface area contributed by atoms with Crippen molar-refractivity contribution in [3.05, 3.63) is 36.4 Å². The first kappa shape index (κ1) is 21.8. The van der Waals surface area contributed by atoms with Crippen molar-refractivity contribution in [3.63, 3.8) is 0 Å². The minimum Gasteiger partial charge on any atom is -0.382 e. The fourth-order valence-corrected chi connectivity index (χ4v) is 4.68. The molecule has 9 heteroatoms. The van der Waals surface area contributed by atoms with E-state index in [1.165, 1.54) is 0 Å². The highest BCUT2D eigenvalue weighted by atomic mass is 16.5. The number of methoxy groups -OCH3 is 1. The van der Waals surface area contributed by atoms with Gasteiger partial charge in [0.2, 0.25) is 5.95 Å². The molecule has 0 aliphatic heterocycles. The van der Waals surface area contributed by atoms with Crippen molar-refractivity contribution >= 4 is 22.6 Å². The zero-order valence-electron chi connectivity index (χ0n) is 19.5. The van der Waals surface area contributed by atoms with Gasteiger partial charge in [-0.25, -0.2) is 19.5 Å². The van der Waals surface area contributed by atoms with Gasteiger partial charge < -0.3 is 19.4 Å². The number of aromatic nitrogens is 6. The predicted molar refractivity (Wildman–Crippen MR) is 127 cm³/mol. The van der Waals surface area contributed by atoms with E-state index in [-0.39, 0.29) is 0 Å². The molecule has 4 aromatic rings. The van der Waals surface area contributed by atoms with E-state index in [2.05, 4.69) is 26.8 Å². The summed E-state index contributed by atoms with van der Waals surface area (Å²) in [5, 5.41) is 8.20. The van der Waals surface area contributed by atoms with Crippen molar-refractivity contribution in [1.29, 1.82) is 0 Å². The number of hydrogen-bond donors (Lipinski definition) is 1. The van der Waals surface area contributed by atoms with E-state index in [1.807, 2.05) is 42.0 Å². The van der Waals surface area contributed by atoms with E-state index in [9.17, 15) is 0 Å². The monoisotopic (exact) mass is 449 g/mol. The number of anilines is 1. The van der Waals surface area contributed by atoms with Crippen molar-refractivity contribution in [2.24, 2.45) is 0 Å². The topological polar surface area (TPSA) is 91.4 Å². The van der Waals surface area contributed by atoms with Gasteiger partial charge in [-0.1, -0.05) is 0 Å². The smallest absolute Gasteiger partial charge is 0.241 e. The van der Waals surface area contributed by atoms with Crippen LogP contribution in [0.5, 0.6) is 0 Å². The minimum atomic E-state index is 0.325. The second-order valence-electron chi connectivity index (χ2n) is 8.57. The van der Waals surface area contributed by atoms with Crippen molar-refractivity contribution in [1.82, 2.24) is 29.1 Å². The molecule has 4 aromatic heterocycles. The number of pyridine rings is 1. The molecule has 5 rings (SSSR count). The van der Waals surface area contributed by atoms with Crippen LogP contribution in [0.15, 0.2) is 30.6 Å². The molecule has 1 aliphatic rings. The summed E-state index contributed by atoms with van der Waals surface area (Å²) in [4.78, 5) is 14.1. The molecule has 33 heavy (non-hydrogen) atoms. The Labute approximate surface area is 193 Å². The second-order valence-corrected chi connectivity index (χ2v) is 8.57. The van der Waals surface area contributed by atoms with Crippen LogP contribution in [0.25, 0.3) is 27.9 Å². The minimum absolute atomic E-state index is 0.325. The van der Waals surface area contributed by atoms with Crippen LogP contribution >= 0.6 is 0 Å². The molecule has 9 nitrogen and oxygen atoms in total. The number of hydrogen-bond acceptors (Lipinski definition) is 7. The van der Waals surface area contributed by atoms with Gasteiger partial charge in [0.25, 0.3) is 0 Å². The molecule has 1 aliphatic carbocycles. The van der Waals surface area contributed by atoms with E-state index in [1.54, 1.807) is 7.11 Å². The number of aryl methyl sites for hydroxylation is 2. The lowest BCUT2D eigenvalue weighted by Crippen LogP contribution is -2.31. The van der Waals surface area contributed by atoms with Gasteiger partial charge in [0.1, 0.15) is 11.3 Å². The number of nitrogens with zero attached hydrogens (tertiary/aromatic N) is 6. The van der Waals surface area contributed by atoms with Crippen LogP contribution in [-0.4, -0.2) is 61.6 Å². The fraction of sp³-hybridized carbons (Fsp3) is 0.500. The first-order valence-corrected chi connectivity index (χ1v) is 11.7. The lowest BCUT2D eigenvalue weighted by atomic mass is 9.93. The maximum atomic E-state index is 5.87. The van der Waals surface area contributed by atoms with Crippen LogP contribution in [0.2, 0.25) is 0 Å². The summed E-state index contributed by atoms with van der Waals surface area (Å²) in [5.74, 6) is 1.63. The van der Waals surface area contributed by atoms with E-state index >= 15 is 0 Å². The predicted octanol–water partition coefficient (Wildman–Crippen LogP) is 3.86. The lowest BCUT2D eigenvalue weighted by Gasteiger charge is -2.29. The Morgan fingerprint density at radius 1 is 1.09 bits per heavy atom. The molecular formula is C24H31N7O2. The van der Waals surface area contributed by atoms with Crippen molar-refractivity contribution in [3.8, 4) is 11.3 Å². The number of imidazole rings is 1. The highest BCUT2D eigenvalue weighted by Gasteiger charge is 2.22. The first-order valence-electron chi connectivity index (χ1n) is 11.7. The molecule has 174 valence electrons. The summed E-state index contributed by atoms with van der Waals surface area (Å²) >= 11 is 0. The van der Waals surface area contributed by atoms with E-state index in [0.29, 0.717) is 31.3 Å². The van der Waals surface area contributed by atoms with E-state index in [0.717, 1.165) is 66.0 Å². The average molecular weight is 450 g/mol. The SMILES string of the molecule is CCn1c(C)nc2ccc(-c3ccn4nc(N[C@H]5CC[C@H](OCCOC)CC5)ncc34)nc21. The quantitative estimate of drug-likeness (QED) is 0.409. The maximum absolute atomic E-state index is 5.87. The molecule has 0 bridgehead atoms. The molecule has 0 aromatic carbocycles. The third-order valence-electron chi connectivity index (χ3n) is 6.44. The Kier molecular flexibility index (Phi) is 6.24. The number of fused-ring (bicyclic) bond motifs is 2. The Bertz CT molecular complexity index is 1240. The van der Waals surface area contributed by atoms with Gasteiger partial charge in [-0.2, -0.15) is 0 Å². The van der Waals surface area contributed by atoms with Gasteiger partial charge in [-0.3, -0.25) is 0 Å². The third kappa shape index (κ3) is 4.43. The first-order chi connectivity index (χ1) is 16.2. The molecule has 4 heterocycles. The standard InChI is InChI=1S/C24H31N7O2/c1-4-30-16(2)26-21-10-9-20(28-23(21)30)19-11-12-31-22(19)15-25-24(29-31)27-17-5-7-18(8-6-17)33-14-13-32-3/h9-12,15,17-18H,4-8,13-14H2,1-3H3,(H,27,29)/t17-,18-. The Hall–Kier alpha value is -3.04. The maximum Gasteiger partial charge on any atom is 0.241 e. The molecule has 1 fully saturated rings. The van der Waals surface area contributed by atoms with Crippen molar-refractivity contribution in [2.75, 3.05) is 25.6 Å². The van der Waals surface area contributed by atoms with Crippen LogP contribution in [0.4, 0.5) is 5.95 Å². The summed E-state index contributed by atoms with van der Waals surface area (Å²) in [6.45, 7) is 6.28. The highest BCUT2D eigenvalue weighted by Crippen LogP contribution is 2.27. The summed E-state index contributed by atoms with van der Waals surface area (Å²) in [7, 11) is 1.70. The summed E-state index contributed by atoms with van der Waals surface area (Å²) in [6.07, 6.45) is 8.34. The molecule has 1 N–H and O–H groups in total. The molecule has 0 saturated heterocycles. The van der Waals surface area contributed by atoms with Gasteiger partial charge >= 0.3 is 0 Å². The van der Waals surface area contributed by atoms with E-state index < -0.39 is 0 Å². The van der Waals surface area contributed by atoms with Gasteiger partial charge in [0.05, 0.1) is 36.7 Å². The zero-order valence-corrected chi connectivity index (χ0v) is 19.5. The number of nitrogens with one attached hydrogen (secondary N) is 1. The second kappa shape index (κ2) is 9.44. The third-order valence-corrected chi connectivity index (χ3v) is 6.44. The molecular weight excluding hydrogens is 418 g/mol. The zero-order chi connectivity index (χ0) is 22.8. The van der Waals surface area contributed by atoms with Crippen molar-refractivity contribution in [2.45, 2.75) is 58.2 Å². The summed E-state index contributed by atoms with van der Waals surface area (Å²) < 4.78 is 14.9. The van der Waals surface area contributed by atoms with Gasteiger partial charge in [0, 0.05) is 31.5 Å². The largest absolute Gasteiger partial charge is 0.382 e. The number of rotatable bonds is 8. The molecule has 0 atom stereocenters. The fourth-order valence-electron chi connectivity index (χ4n) is 4.68. The highest BCUT2D eigenvalue weighted by molar-refractivity contribution is 5.82. The molecule has 0 radical (unpaired) electrons. The molecule has 1 saturated carbocycles. The van der Waals surface area contributed by atoms with Crippen LogP contribution < -0.4 is 5.32 Å². The molecule has 0 spiro atoms. The van der Waals surface area contributed by atoms with Crippen LogP contribution in [0, 0.1) is 6.92 Å². The van der Waals surface area contributed by atoms with Gasteiger partial charge in [0.15, 0.2) is 5.65 Å². The lowest BCUT2D eigenvalue weighted by molar-refractivity contribution is -0.00158. The normalized spacial score (nSPS) is 18.9. The van der Waals surface area contributed by atoms with Crippen LogP contribution in [-0.2, 0) is 16.0 Å². The van der Waals surface area contributed by atoms with Gasteiger partial charge in [-0.15, -0.1) is 5.10 Å². The van der Waals surface area contributed by atoms with Crippen LogP contribution in [0.1, 0.15) is 38.4 Å². The van der Waals surface area contributed by atoms with Crippen LogP contribution in [0.3, 0.4) is 0 Å².